The van der Waals surface area contributed by atoms with Crippen LogP contribution in [0.5, 0.6) is 11.5 Å². The second-order valence-corrected chi connectivity index (χ2v) is 10.6. The van der Waals surface area contributed by atoms with E-state index in [0.717, 1.165) is 63.4 Å². The molecule has 0 fully saturated rings. The van der Waals surface area contributed by atoms with Crippen LogP contribution in [0.25, 0.3) is 11.3 Å². The quantitative estimate of drug-likeness (QED) is 0.289. The molecule has 0 radical (unpaired) electrons. The number of anilines is 1. The zero-order valence-electron chi connectivity index (χ0n) is 21.6. The summed E-state index contributed by atoms with van der Waals surface area (Å²) >= 11 is 1.70. The van der Waals surface area contributed by atoms with E-state index in [0.29, 0.717) is 0 Å². The van der Waals surface area contributed by atoms with Crippen LogP contribution in [0, 0.1) is 6.92 Å². The van der Waals surface area contributed by atoms with Crippen molar-refractivity contribution in [1.29, 1.82) is 0 Å². The van der Waals surface area contributed by atoms with E-state index in [9.17, 15) is 0 Å². The van der Waals surface area contributed by atoms with Crippen LogP contribution < -0.4 is 14.4 Å². The fourth-order valence-electron chi connectivity index (χ4n) is 4.88. The van der Waals surface area contributed by atoms with Gasteiger partial charge in [-0.2, -0.15) is 0 Å². The lowest BCUT2D eigenvalue weighted by Crippen LogP contribution is -2.38. The summed E-state index contributed by atoms with van der Waals surface area (Å²) in [5.41, 5.74) is 4.58. The number of para-hydroxylation sites is 1. The monoisotopic (exact) mass is 499 g/mol. The third-order valence-corrected chi connectivity index (χ3v) is 7.87. The molecule has 1 unspecified atom stereocenters. The Morgan fingerprint density at radius 1 is 0.917 bits per heavy atom. The predicted molar refractivity (Wildman–Crippen MR) is 149 cm³/mol. The maximum atomic E-state index is 7.02. The van der Waals surface area contributed by atoms with Crippen molar-refractivity contribution in [2.24, 2.45) is 0 Å². The number of ether oxygens (including phenoxy) is 2. The van der Waals surface area contributed by atoms with Gasteiger partial charge in [-0.3, -0.25) is 0 Å². The summed E-state index contributed by atoms with van der Waals surface area (Å²) in [7, 11) is 5.92. The Kier molecular flexibility index (Phi) is 6.73. The molecule has 4 aromatic rings. The Morgan fingerprint density at radius 2 is 1.58 bits per heavy atom. The third kappa shape index (κ3) is 4.25. The molecule has 1 atom stereocenters. The Labute approximate surface area is 217 Å². The van der Waals surface area contributed by atoms with Crippen LogP contribution in [-0.2, 0) is 5.60 Å². The molecule has 186 valence electrons. The minimum absolute atomic E-state index is 0.804. The van der Waals surface area contributed by atoms with Crippen LogP contribution in [0.1, 0.15) is 27.9 Å². The van der Waals surface area contributed by atoms with E-state index in [2.05, 4.69) is 80.2 Å². The van der Waals surface area contributed by atoms with Crippen molar-refractivity contribution >= 4 is 17.0 Å². The average Bonchev–Trinajstić information content (AvgIpc) is 3.31. The Hall–Kier alpha value is -3.35. The molecular weight excluding hydrogens is 466 g/mol. The summed E-state index contributed by atoms with van der Waals surface area (Å²) in [4.78, 5) is 10.7. The van der Waals surface area contributed by atoms with Gasteiger partial charge in [0.05, 0.1) is 22.7 Å². The van der Waals surface area contributed by atoms with Gasteiger partial charge in [-0.15, -0.1) is 11.3 Å². The lowest BCUT2D eigenvalue weighted by molar-refractivity contribution is 0.155. The van der Waals surface area contributed by atoms with E-state index in [4.69, 9.17) is 14.5 Å². The van der Waals surface area contributed by atoms with Gasteiger partial charge < -0.3 is 19.3 Å². The number of likely N-dealkylation sites (N-methyl/N-ethyl adjacent to an activating group) is 2. The molecule has 5 rings (SSSR count). The highest BCUT2D eigenvalue weighted by Crippen LogP contribution is 2.53. The molecule has 0 saturated heterocycles. The summed E-state index contributed by atoms with van der Waals surface area (Å²) < 4.78 is 12.5. The number of thiazole rings is 1. The first kappa shape index (κ1) is 24.3. The first-order valence-electron chi connectivity index (χ1n) is 12.4. The highest BCUT2D eigenvalue weighted by molar-refractivity contribution is 7.12. The number of rotatable bonds is 8. The fourth-order valence-corrected chi connectivity index (χ4v) is 5.99. The minimum Gasteiger partial charge on any atom is -0.497 e. The SMILES string of the molecule is CCN(CCN(C)C)c1ccc(C2(c3ccc(OC)cc3)Oc3ccccc3-c3nc(C)sc32)cc1. The van der Waals surface area contributed by atoms with E-state index in [1.165, 1.54) is 5.69 Å². The van der Waals surface area contributed by atoms with Gasteiger partial charge in [-0.1, -0.05) is 36.4 Å². The van der Waals surface area contributed by atoms with Gasteiger partial charge in [0.1, 0.15) is 11.5 Å². The van der Waals surface area contributed by atoms with Gasteiger partial charge in [0.2, 0.25) is 0 Å². The molecule has 0 spiro atoms. The number of nitrogens with zero attached hydrogens (tertiary/aromatic N) is 3. The zero-order valence-corrected chi connectivity index (χ0v) is 22.4. The summed E-state index contributed by atoms with van der Waals surface area (Å²) in [6.45, 7) is 7.22. The van der Waals surface area contributed by atoms with Crippen molar-refractivity contribution < 1.29 is 9.47 Å². The van der Waals surface area contributed by atoms with Gasteiger partial charge >= 0.3 is 0 Å². The Balaban J connectivity index is 1.67. The molecule has 0 N–H and O–H groups in total. The summed E-state index contributed by atoms with van der Waals surface area (Å²) in [5, 5.41) is 1.02. The third-order valence-electron chi connectivity index (χ3n) is 6.79. The van der Waals surface area contributed by atoms with Crippen molar-refractivity contribution in [3.05, 3.63) is 93.8 Å². The lowest BCUT2D eigenvalue weighted by atomic mass is 9.81. The molecule has 2 heterocycles. The Morgan fingerprint density at radius 3 is 2.22 bits per heavy atom. The molecule has 1 aliphatic rings. The van der Waals surface area contributed by atoms with Crippen LogP contribution in [0.2, 0.25) is 0 Å². The number of fused-ring (bicyclic) bond motifs is 3. The van der Waals surface area contributed by atoms with Crippen molar-refractivity contribution in [3.63, 3.8) is 0 Å². The lowest BCUT2D eigenvalue weighted by Gasteiger charge is -2.39. The first-order valence-corrected chi connectivity index (χ1v) is 13.2. The van der Waals surface area contributed by atoms with E-state index in [-0.39, 0.29) is 0 Å². The average molecular weight is 500 g/mol. The van der Waals surface area contributed by atoms with Gasteiger partial charge in [0.15, 0.2) is 5.60 Å². The predicted octanol–water partition coefficient (Wildman–Crippen LogP) is 6.20. The van der Waals surface area contributed by atoms with Gasteiger partial charge in [0.25, 0.3) is 0 Å². The number of methoxy groups -OCH3 is 1. The van der Waals surface area contributed by atoms with Crippen LogP contribution in [0.3, 0.4) is 0 Å². The van der Waals surface area contributed by atoms with E-state index in [1.54, 1.807) is 18.4 Å². The molecule has 0 bridgehead atoms. The van der Waals surface area contributed by atoms with Crippen molar-refractivity contribution in [2.45, 2.75) is 19.4 Å². The zero-order chi connectivity index (χ0) is 25.3. The number of aryl methyl sites for hydroxylation is 1. The second-order valence-electron chi connectivity index (χ2n) is 9.35. The second kappa shape index (κ2) is 9.96. The molecule has 0 saturated carbocycles. The van der Waals surface area contributed by atoms with Crippen LogP contribution in [-0.4, -0.2) is 50.7 Å². The smallest absolute Gasteiger partial charge is 0.195 e. The Bertz CT molecular complexity index is 1330. The number of aromatic nitrogens is 1. The normalized spacial score (nSPS) is 16.3. The molecular formula is C30H33N3O2S. The summed E-state index contributed by atoms with van der Waals surface area (Å²) in [5.74, 6) is 1.66. The van der Waals surface area contributed by atoms with Gasteiger partial charge in [-0.25, -0.2) is 4.98 Å². The molecule has 5 nitrogen and oxygen atoms in total. The molecule has 0 amide bonds. The van der Waals surface area contributed by atoms with E-state index >= 15 is 0 Å². The first-order chi connectivity index (χ1) is 17.5. The standard InChI is InChI=1S/C30H33N3O2S/c1-6-33(20-19-32(3)4)24-15-11-22(12-16-24)30(23-13-17-25(34-5)18-14-23)29-28(31-21(2)36-29)26-9-7-8-10-27(26)35-30/h7-18H,6,19-20H2,1-5H3. The molecule has 6 heteroatoms. The van der Waals surface area contributed by atoms with Gasteiger partial charge in [-0.05, 0) is 64.3 Å². The number of hydrogen-bond acceptors (Lipinski definition) is 6. The van der Waals surface area contributed by atoms with Crippen LogP contribution in [0.4, 0.5) is 5.69 Å². The summed E-state index contributed by atoms with van der Waals surface area (Å²) in [6, 6.07) is 25.3. The van der Waals surface area contributed by atoms with Crippen molar-refractivity contribution in [3.8, 4) is 22.8 Å². The largest absolute Gasteiger partial charge is 0.497 e. The highest BCUT2D eigenvalue weighted by atomic mass is 32.1. The number of hydrogen-bond donors (Lipinski definition) is 0. The highest BCUT2D eigenvalue weighted by Gasteiger charge is 2.46. The molecule has 36 heavy (non-hydrogen) atoms. The molecule has 1 aliphatic heterocycles. The molecule has 0 aliphatic carbocycles. The number of benzene rings is 3. The van der Waals surface area contributed by atoms with Gasteiger partial charge in [0, 0.05) is 42.0 Å². The topological polar surface area (TPSA) is 37.8 Å². The minimum atomic E-state index is -0.804. The van der Waals surface area contributed by atoms with E-state index in [1.807, 2.05) is 30.3 Å². The fraction of sp³-hybridized carbons (Fsp3) is 0.300. The molecule has 3 aromatic carbocycles. The summed E-state index contributed by atoms with van der Waals surface area (Å²) in [6.07, 6.45) is 0. The van der Waals surface area contributed by atoms with Crippen molar-refractivity contribution in [1.82, 2.24) is 9.88 Å². The molecule has 1 aromatic heterocycles. The maximum Gasteiger partial charge on any atom is 0.195 e. The van der Waals surface area contributed by atoms with Crippen molar-refractivity contribution in [2.75, 3.05) is 45.7 Å². The maximum absolute atomic E-state index is 7.02. The van der Waals surface area contributed by atoms with Crippen LogP contribution >= 0.6 is 11.3 Å². The van der Waals surface area contributed by atoms with E-state index < -0.39 is 5.60 Å². The van der Waals surface area contributed by atoms with Crippen LogP contribution in [0.15, 0.2) is 72.8 Å².